The van der Waals surface area contributed by atoms with E-state index in [-0.39, 0.29) is 11.9 Å². The summed E-state index contributed by atoms with van der Waals surface area (Å²) in [5.41, 5.74) is 2.33. The molecule has 2 aromatic rings. The summed E-state index contributed by atoms with van der Waals surface area (Å²) >= 11 is 6.11. The molecule has 102 valence electrons. The summed E-state index contributed by atoms with van der Waals surface area (Å²) < 4.78 is 13.2. The minimum Gasteiger partial charge on any atom is -0.306 e. The Morgan fingerprint density at radius 1 is 1.30 bits per heavy atom. The van der Waals surface area contributed by atoms with E-state index in [0.29, 0.717) is 17.1 Å². The van der Waals surface area contributed by atoms with Gasteiger partial charge in [-0.2, -0.15) is 5.26 Å². The van der Waals surface area contributed by atoms with Gasteiger partial charge in [-0.1, -0.05) is 29.8 Å². The molecule has 0 fully saturated rings. The molecule has 0 saturated carbocycles. The zero-order chi connectivity index (χ0) is 14.5. The van der Waals surface area contributed by atoms with Gasteiger partial charge in [0.15, 0.2) is 0 Å². The van der Waals surface area contributed by atoms with Gasteiger partial charge in [-0.15, -0.1) is 0 Å². The Bertz CT molecular complexity index is 649. The van der Waals surface area contributed by atoms with Gasteiger partial charge in [0.2, 0.25) is 0 Å². The van der Waals surface area contributed by atoms with Gasteiger partial charge < -0.3 is 5.32 Å². The molecule has 2 aromatic carbocycles. The SMILES string of the molecule is CC(NCc1ccc(C#N)cc1Cl)c1cccc(F)c1. The molecule has 1 unspecified atom stereocenters. The van der Waals surface area contributed by atoms with Crippen molar-refractivity contribution in [2.75, 3.05) is 0 Å². The predicted octanol–water partition coefficient (Wildman–Crippen LogP) is 4.20. The van der Waals surface area contributed by atoms with E-state index in [0.717, 1.165) is 11.1 Å². The molecule has 4 heteroatoms. The van der Waals surface area contributed by atoms with E-state index in [9.17, 15) is 4.39 Å². The third-order valence-electron chi connectivity index (χ3n) is 3.13. The van der Waals surface area contributed by atoms with Crippen molar-refractivity contribution < 1.29 is 4.39 Å². The maximum atomic E-state index is 13.2. The highest BCUT2D eigenvalue weighted by molar-refractivity contribution is 6.31. The molecule has 2 rings (SSSR count). The van der Waals surface area contributed by atoms with E-state index in [4.69, 9.17) is 16.9 Å². The van der Waals surface area contributed by atoms with Crippen molar-refractivity contribution in [3.05, 3.63) is 70.0 Å². The lowest BCUT2D eigenvalue weighted by atomic mass is 10.1. The molecule has 0 amide bonds. The van der Waals surface area contributed by atoms with Crippen LogP contribution in [0.2, 0.25) is 5.02 Å². The number of halogens is 2. The number of hydrogen-bond acceptors (Lipinski definition) is 2. The normalized spacial score (nSPS) is 11.9. The molecule has 2 nitrogen and oxygen atoms in total. The number of hydrogen-bond donors (Lipinski definition) is 1. The van der Waals surface area contributed by atoms with E-state index < -0.39 is 0 Å². The number of nitrogens with zero attached hydrogens (tertiary/aromatic N) is 1. The van der Waals surface area contributed by atoms with E-state index in [1.54, 1.807) is 18.2 Å². The van der Waals surface area contributed by atoms with Gasteiger partial charge in [0.05, 0.1) is 11.6 Å². The Hall–Kier alpha value is -1.89. The maximum absolute atomic E-state index is 13.2. The second-order valence-electron chi connectivity index (χ2n) is 4.58. The summed E-state index contributed by atoms with van der Waals surface area (Å²) in [6, 6.07) is 13.8. The first-order valence-corrected chi connectivity index (χ1v) is 6.65. The Balaban J connectivity index is 2.04. The van der Waals surface area contributed by atoms with Crippen LogP contribution < -0.4 is 5.32 Å². The molecular formula is C16H14ClFN2. The molecule has 0 radical (unpaired) electrons. The minimum atomic E-state index is -0.243. The fraction of sp³-hybridized carbons (Fsp3) is 0.188. The highest BCUT2D eigenvalue weighted by Gasteiger charge is 2.07. The zero-order valence-electron chi connectivity index (χ0n) is 11.0. The van der Waals surface area contributed by atoms with Crippen LogP contribution in [0.3, 0.4) is 0 Å². The fourth-order valence-corrected chi connectivity index (χ4v) is 2.16. The van der Waals surface area contributed by atoms with Crippen molar-refractivity contribution in [1.82, 2.24) is 5.32 Å². The van der Waals surface area contributed by atoms with Gasteiger partial charge in [0.1, 0.15) is 5.82 Å². The minimum absolute atomic E-state index is 0.0115. The van der Waals surface area contributed by atoms with Gasteiger partial charge in [0.25, 0.3) is 0 Å². The van der Waals surface area contributed by atoms with Crippen molar-refractivity contribution in [3.8, 4) is 6.07 Å². The number of nitriles is 1. The predicted molar refractivity (Wildman–Crippen MR) is 77.8 cm³/mol. The summed E-state index contributed by atoms with van der Waals surface area (Å²) in [5.74, 6) is -0.243. The van der Waals surface area contributed by atoms with Crippen LogP contribution in [0.1, 0.15) is 29.7 Å². The Morgan fingerprint density at radius 3 is 2.75 bits per heavy atom. The van der Waals surface area contributed by atoms with Crippen molar-refractivity contribution >= 4 is 11.6 Å². The first kappa shape index (κ1) is 14.5. The van der Waals surface area contributed by atoms with Crippen LogP contribution in [-0.4, -0.2) is 0 Å². The Morgan fingerprint density at radius 2 is 2.10 bits per heavy atom. The third kappa shape index (κ3) is 3.57. The second-order valence-corrected chi connectivity index (χ2v) is 4.98. The monoisotopic (exact) mass is 288 g/mol. The number of rotatable bonds is 4. The molecule has 0 aromatic heterocycles. The van der Waals surface area contributed by atoms with Gasteiger partial charge in [-0.3, -0.25) is 0 Å². The van der Waals surface area contributed by atoms with Crippen LogP contribution in [0, 0.1) is 17.1 Å². The maximum Gasteiger partial charge on any atom is 0.123 e. The molecule has 1 N–H and O–H groups in total. The van der Waals surface area contributed by atoms with Crippen molar-refractivity contribution in [3.63, 3.8) is 0 Å². The number of benzene rings is 2. The molecule has 0 spiro atoms. The lowest BCUT2D eigenvalue weighted by Crippen LogP contribution is -2.18. The molecule has 0 aliphatic carbocycles. The van der Waals surface area contributed by atoms with Gasteiger partial charge in [-0.25, -0.2) is 4.39 Å². The summed E-state index contributed by atoms with van der Waals surface area (Å²) in [5, 5.41) is 12.6. The molecule has 1 atom stereocenters. The van der Waals surface area contributed by atoms with Crippen LogP contribution in [0.5, 0.6) is 0 Å². The second kappa shape index (κ2) is 6.51. The smallest absolute Gasteiger partial charge is 0.123 e. The Kier molecular flexibility index (Phi) is 4.73. The van der Waals surface area contributed by atoms with Gasteiger partial charge in [-0.05, 0) is 42.3 Å². The molecule has 0 heterocycles. The average Bonchev–Trinajstić information content (AvgIpc) is 2.45. The van der Waals surface area contributed by atoms with E-state index in [1.807, 2.05) is 25.1 Å². The van der Waals surface area contributed by atoms with Crippen LogP contribution in [0.4, 0.5) is 4.39 Å². The average molecular weight is 289 g/mol. The largest absolute Gasteiger partial charge is 0.306 e. The highest BCUT2D eigenvalue weighted by Crippen LogP contribution is 2.19. The quantitative estimate of drug-likeness (QED) is 0.915. The highest BCUT2D eigenvalue weighted by atomic mass is 35.5. The molecule has 0 saturated heterocycles. The molecular weight excluding hydrogens is 275 g/mol. The fourth-order valence-electron chi connectivity index (χ4n) is 1.92. The molecule has 0 bridgehead atoms. The summed E-state index contributed by atoms with van der Waals surface area (Å²) in [4.78, 5) is 0. The topological polar surface area (TPSA) is 35.8 Å². The van der Waals surface area contributed by atoms with E-state index in [1.165, 1.54) is 12.1 Å². The van der Waals surface area contributed by atoms with Gasteiger partial charge in [0, 0.05) is 17.6 Å². The standard InChI is InChI=1S/C16H14ClFN2/c1-11(13-3-2-4-15(18)8-13)20-10-14-6-5-12(9-19)7-16(14)17/h2-8,11,20H,10H2,1H3. The van der Waals surface area contributed by atoms with Crippen molar-refractivity contribution in [1.29, 1.82) is 5.26 Å². The first-order valence-electron chi connectivity index (χ1n) is 6.27. The Labute approximate surface area is 122 Å². The van der Waals surface area contributed by atoms with Crippen LogP contribution >= 0.6 is 11.6 Å². The molecule has 0 aliphatic rings. The summed E-state index contributed by atoms with van der Waals surface area (Å²) in [6.45, 7) is 2.52. The van der Waals surface area contributed by atoms with Crippen molar-refractivity contribution in [2.24, 2.45) is 0 Å². The van der Waals surface area contributed by atoms with Gasteiger partial charge >= 0.3 is 0 Å². The van der Waals surface area contributed by atoms with E-state index >= 15 is 0 Å². The van der Waals surface area contributed by atoms with Crippen LogP contribution in [0.25, 0.3) is 0 Å². The molecule has 0 aliphatic heterocycles. The summed E-state index contributed by atoms with van der Waals surface area (Å²) in [7, 11) is 0. The van der Waals surface area contributed by atoms with E-state index in [2.05, 4.69) is 5.32 Å². The zero-order valence-corrected chi connectivity index (χ0v) is 11.8. The lowest BCUT2D eigenvalue weighted by molar-refractivity contribution is 0.565. The summed E-state index contributed by atoms with van der Waals surface area (Å²) in [6.07, 6.45) is 0. The number of nitrogens with one attached hydrogen (secondary N) is 1. The first-order chi connectivity index (χ1) is 9.60. The molecule has 20 heavy (non-hydrogen) atoms. The van der Waals surface area contributed by atoms with Crippen LogP contribution in [0.15, 0.2) is 42.5 Å². The lowest BCUT2D eigenvalue weighted by Gasteiger charge is -2.15. The van der Waals surface area contributed by atoms with Crippen LogP contribution in [-0.2, 0) is 6.54 Å². The van der Waals surface area contributed by atoms with Crippen molar-refractivity contribution in [2.45, 2.75) is 19.5 Å². The third-order valence-corrected chi connectivity index (χ3v) is 3.48.